The fraction of sp³-hybridized carbons (Fsp3) is 0.214. The number of hydrogen-bond donors (Lipinski definition) is 1. The average Bonchev–Trinajstić information content (AvgIpc) is 3.03. The summed E-state index contributed by atoms with van der Waals surface area (Å²) in [5.74, 6) is 0.867. The largest absolute Gasteiger partial charge is 0.497 e. The van der Waals surface area contributed by atoms with Crippen LogP contribution >= 0.6 is 23.1 Å². The Kier molecular flexibility index (Phi) is 3.95. The SMILES string of the molecule is CNCc1c(Sc2cccc(OC)c2)nc2sccn12. The maximum atomic E-state index is 5.26. The molecule has 1 N–H and O–H groups in total. The normalized spacial score (nSPS) is 11.1. The molecule has 104 valence electrons. The maximum Gasteiger partial charge on any atom is 0.194 e. The van der Waals surface area contributed by atoms with Crippen molar-refractivity contribution >= 4 is 28.1 Å². The number of ether oxygens (including phenoxy) is 1. The van der Waals surface area contributed by atoms with Crippen molar-refractivity contribution in [1.29, 1.82) is 0 Å². The zero-order valence-corrected chi connectivity index (χ0v) is 12.9. The first-order chi connectivity index (χ1) is 9.81. The van der Waals surface area contributed by atoms with Crippen LogP contribution in [0.3, 0.4) is 0 Å². The van der Waals surface area contributed by atoms with Crippen LogP contribution in [0.25, 0.3) is 4.96 Å². The number of aromatic nitrogens is 2. The van der Waals surface area contributed by atoms with Gasteiger partial charge in [0.25, 0.3) is 0 Å². The summed E-state index contributed by atoms with van der Waals surface area (Å²) in [6.07, 6.45) is 2.06. The highest BCUT2D eigenvalue weighted by atomic mass is 32.2. The van der Waals surface area contributed by atoms with Crippen LogP contribution in [0, 0.1) is 0 Å². The Labute approximate surface area is 125 Å². The van der Waals surface area contributed by atoms with Crippen molar-refractivity contribution in [2.75, 3.05) is 14.2 Å². The molecule has 2 heterocycles. The van der Waals surface area contributed by atoms with Gasteiger partial charge in [0.05, 0.1) is 12.8 Å². The van der Waals surface area contributed by atoms with E-state index in [-0.39, 0.29) is 0 Å². The minimum Gasteiger partial charge on any atom is -0.497 e. The minimum atomic E-state index is 0.796. The van der Waals surface area contributed by atoms with Gasteiger partial charge in [0, 0.05) is 23.0 Å². The van der Waals surface area contributed by atoms with Crippen LogP contribution in [-0.4, -0.2) is 23.5 Å². The predicted octanol–water partition coefficient (Wildman–Crippen LogP) is 3.28. The second-order valence-corrected chi connectivity index (χ2v) is 6.17. The van der Waals surface area contributed by atoms with E-state index in [4.69, 9.17) is 9.72 Å². The van der Waals surface area contributed by atoms with Gasteiger partial charge in [-0.1, -0.05) is 17.8 Å². The number of hydrogen-bond acceptors (Lipinski definition) is 5. The lowest BCUT2D eigenvalue weighted by molar-refractivity contribution is 0.413. The number of imidazole rings is 1. The third-order valence-corrected chi connectivity index (χ3v) is 4.69. The smallest absolute Gasteiger partial charge is 0.194 e. The summed E-state index contributed by atoms with van der Waals surface area (Å²) in [4.78, 5) is 6.87. The van der Waals surface area contributed by atoms with E-state index in [1.807, 2.05) is 25.2 Å². The molecule has 0 fully saturated rings. The molecule has 0 bridgehead atoms. The zero-order valence-electron chi connectivity index (χ0n) is 11.3. The summed E-state index contributed by atoms with van der Waals surface area (Å²) in [5, 5.41) is 6.30. The Morgan fingerprint density at radius 1 is 1.45 bits per heavy atom. The standard InChI is InChI=1S/C14H15N3OS2/c1-15-9-12-13(16-14-17(12)6-7-19-14)20-11-5-3-4-10(8-11)18-2/h3-8,15H,9H2,1-2H3. The third kappa shape index (κ3) is 2.54. The van der Waals surface area contributed by atoms with E-state index in [1.165, 1.54) is 5.69 Å². The summed E-state index contributed by atoms with van der Waals surface area (Å²) in [7, 11) is 3.63. The number of benzene rings is 1. The summed E-state index contributed by atoms with van der Waals surface area (Å²) < 4.78 is 7.41. The molecule has 0 amide bonds. The monoisotopic (exact) mass is 305 g/mol. The molecule has 3 aromatic rings. The molecule has 0 saturated heterocycles. The molecule has 0 aliphatic carbocycles. The highest BCUT2D eigenvalue weighted by Gasteiger charge is 2.13. The summed E-state index contributed by atoms with van der Waals surface area (Å²) in [6, 6.07) is 8.05. The van der Waals surface area contributed by atoms with Gasteiger partial charge >= 0.3 is 0 Å². The van der Waals surface area contributed by atoms with Gasteiger partial charge < -0.3 is 10.1 Å². The van der Waals surface area contributed by atoms with E-state index in [1.54, 1.807) is 30.2 Å². The van der Waals surface area contributed by atoms with E-state index >= 15 is 0 Å². The van der Waals surface area contributed by atoms with Crippen LogP contribution < -0.4 is 10.1 Å². The summed E-state index contributed by atoms with van der Waals surface area (Å²) in [5.41, 5.74) is 1.19. The fourth-order valence-corrected chi connectivity index (χ4v) is 3.76. The van der Waals surface area contributed by atoms with Crippen LogP contribution in [0.2, 0.25) is 0 Å². The lowest BCUT2D eigenvalue weighted by atomic mass is 10.3. The van der Waals surface area contributed by atoms with Crippen LogP contribution in [0.1, 0.15) is 5.69 Å². The van der Waals surface area contributed by atoms with Crippen molar-refractivity contribution in [2.24, 2.45) is 0 Å². The molecule has 6 heteroatoms. The second-order valence-electron chi connectivity index (χ2n) is 4.23. The van der Waals surface area contributed by atoms with Gasteiger partial charge in [-0.25, -0.2) is 4.98 Å². The van der Waals surface area contributed by atoms with Crippen LogP contribution in [0.5, 0.6) is 5.75 Å². The molecule has 0 atom stereocenters. The second kappa shape index (κ2) is 5.87. The lowest BCUT2D eigenvalue weighted by Gasteiger charge is -2.05. The van der Waals surface area contributed by atoms with Crippen molar-refractivity contribution < 1.29 is 4.74 Å². The van der Waals surface area contributed by atoms with E-state index in [9.17, 15) is 0 Å². The quantitative estimate of drug-likeness (QED) is 0.785. The first-order valence-electron chi connectivity index (χ1n) is 6.22. The number of methoxy groups -OCH3 is 1. The molecule has 20 heavy (non-hydrogen) atoms. The van der Waals surface area contributed by atoms with E-state index in [0.717, 1.165) is 27.2 Å². The third-order valence-electron chi connectivity index (χ3n) is 2.92. The lowest BCUT2D eigenvalue weighted by Crippen LogP contribution is -2.08. The van der Waals surface area contributed by atoms with Crippen molar-refractivity contribution in [1.82, 2.24) is 14.7 Å². The molecule has 4 nitrogen and oxygen atoms in total. The topological polar surface area (TPSA) is 38.6 Å². The Hall–Kier alpha value is -1.50. The summed E-state index contributed by atoms with van der Waals surface area (Å²) >= 11 is 3.32. The molecular formula is C14H15N3OS2. The highest BCUT2D eigenvalue weighted by Crippen LogP contribution is 2.33. The van der Waals surface area contributed by atoms with Gasteiger partial charge in [-0.2, -0.15) is 0 Å². The Bertz CT molecular complexity index is 720. The number of rotatable bonds is 5. The maximum absolute atomic E-state index is 5.26. The number of nitrogens with one attached hydrogen (secondary N) is 1. The van der Waals surface area contributed by atoms with E-state index in [0.29, 0.717) is 0 Å². The summed E-state index contributed by atoms with van der Waals surface area (Å²) in [6.45, 7) is 0.796. The molecule has 0 spiro atoms. The molecule has 0 saturated carbocycles. The van der Waals surface area contributed by atoms with Crippen LogP contribution in [0.15, 0.2) is 45.8 Å². The highest BCUT2D eigenvalue weighted by molar-refractivity contribution is 7.99. The minimum absolute atomic E-state index is 0.796. The van der Waals surface area contributed by atoms with Gasteiger partial charge in [0.15, 0.2) is 4.96 Å². The van der Waals surface area contributed by atoms with Crippen molar-refractivity contribution in [3.8, 4) is 5.75 Å². The molecular weight excluding hydrogens is 290 g/mol. The molecule has 0 radical (unpaired) electrons. The molecule has 0 unspecified atom stereocenters. The molecule has 1 aromatic carbocycles. The molecule has 0 aliphatic heterocycles. The number of fused-ring (bicyclic) bond motifs is 1. The van der Waals surface area contributed by atoms with Crippen molar-refractivity contribution in [3.05, 3.63) is 41.5 Å². The zero-order chi connectivity index (χ0) is 13.9. The van der Waals surface area contributed by atoms with Crippen molar-refractivity contribution in [3.63, 3.8) is 0 Å². The first kappa shape index (κ1) is 13.5. The molecule has 2 aromatic heterocycles. The van der Waals surface area contributed by atoms with Gasteiger partial charge in [-0.05, 0) is 25.2 Å². The molecule has 0 aliphatic rings. The molecule has 3 rings (SSSR count). The Balaban J connectivity index is 1.96. The predicted molar refractivity (Wildman–Crippen MR) is 82.9 cm³/mol. The van der Waals surface area contributed by atoms with Gasteiger partial charge in [0.1, 0.15) is 10.8 Å². The van der Waals surface area contributed by atoms with Crippen molar-refractivity contribution in [2.45, 2.75) is 16.5 Å². The van der Waals surface area contributed by atoms with Crippen LogP contribution in [0.4, 0.5) is 0 Å². The van der Waals surface area contributed by atoms with Gasteiger partial charge in [-0.3, -0.25) is 4.40 Å². The van der Waals surface area contributed by atoms with Gasteiger partial charge in [-0.15, -0.1) is 11.3 Å². The average molecular weight is 305 g/mol. The number of thiazole rings is 1. The van der Waals surface area contributed by atoms with Gasteiger partial charge in [0.2, 0.25) is 0 Å². The number of nitrogens with zero attached hydrogens (tertiary/aromatic N) is 2. The van der Waals surface area contributed by atoms with E-state index < -0.39 is 0 Å². The van der Waals surface area contributed by atoms with E-state index in [2.05, 4.69) is 27.4 Å². The fourth-order valence-electron chi connectivity index (χ4n) is 2.00. The van der Waals surface area contributed by atoms with Crippen LogP contribution in [-0.2, 0) is 6.54 Å². The Morgan fingerprint density at radius 2 is 2.35 bits per heavy atom. The Morgan fingerprint density at radius 3 is 3.15 bits per heavy atom. The first-order valence-corrected chi connectivity index (χ1v) is 7.92.